The van der Waals surface area contributed by atoms with E-state index < -0.39 is 0 Å². The highest BCUT2D eigenvalue weighted by atomic mass is 16.3. The fourth-order valence-corrected chi connectivity index (χ4v) is 3.31. The van der Waals surface area contributed by atoms with Gasteiger partial charge in [-0.25, -0.2) is 0 Å². The molecule has 0 radical (unpaired) electrons. The van der Waals surface area contributed by atoms with Crippen LogP contribution < -0.4 is 0 Å². The predicted molar refractivity (Wildman–Crippen MR) is 77.2 cm³/mol. The van der Waals surface area contributed by atoms with Crippen LogP contribution in [0.5, 0.6) is 0 Å². The largest absolute Gasteiger partial charge is 0.294 e. The Balaban J connectivity index is 2.30. The summed E-state index contributed by atoms with van der Waals surface area (Å²) in [7, 11) is 0. The average Bonchev–Trinajstić information content (AvgIpc) is 2.71. The minimum absolute atomic E-state index is 0.00234. The van der Waals surface area contributed by atoms with Gasteiger partial charge in [-0.15, -0.1) is 0 Å². The summed E-state index contributed by atoms with van der Waals surface area (Å²) in [5.41, 5.74) is 0.286. The number of fused-ring (bicyclic) bond motifs is 1. The molecule has 2 fully saturated rings. The molecule has 2 saturated carbocycles. The second kappa shape index (κ2) is 5.58. The molecule has 0 amide bonds. The maximum absolute atomic E-state index is 12.5. The van der Waals surface area contributed by atoms with Crippen LogP contribution in [0.1, 0.15) is 52.9 Å². The molecule has 0 aromatic rings. The Morgan fingerprint density at radius 2 is 1.75 bits per heavy atom. The Labute approximate surface area is 120 Å². The van der Waals surface area contributed by atoms with Gasteiger partial charge < -0.3 is 0 Å². The third kappa shape index (κ3) is 2.48. The Bertz CT molecular complexity index is 462. The SMILES string of the molecule is CCC(C)(/C=C1/C(=O)C2CCC(N=O)CC2C1=O)CC. The highest BCUT2D eigenvalue weighted by Crippen LogP contribution is 2.43. The van der Waals surface area contributed by atoms with Crippen molar-refractivity contribution in [3.05, 3.63) is 16.6 Å². The molecule has 0 aliphatic heterocycles. The Kier molecular flexibility index (Phi) is 4.21. The van der Waals surface area contributed by atoms with E-state index in [0.29, 0.717) is 24.8 Å². The molecule has 3 unspecified atom stereocenters. The molecule has 0 spiro atoms. The number of carbonyl (C=O) groups is 2. The van der Waals surface area contributed by atoms with Crippen LogP contribution in [0.4, 0.5) is 0 Å². The number of nitrogens with zero attached hydrogens (tertiary/aromatic N) is 1. The molecule has 0 heterocycles. The normalized spacial score (nSPS) is 32.5. The van der Waals surface area contributed by atoms with E-state index in [4.69, 9.17) is 0 Å². The third-order valence-electron chi connectivity index (χ3n) is 5.28. The number of allylic oxidation sites excluding steroid dienone is 2. The number of nitroso groups, excluding NO2 is 1. The Morgan fingerprint density at radius 3 is 2.30 bits per heavy atom. The summed E-state index contributed by atoms with van der Waals surface area (Å²) in [6.45, 7) is 6.23. The van der Waals surface area contributed by atoms with Crippen molar-refractivity contribution in [2.75, 3.05) is 0 Å². The monoisotopic (exact) mass is 277 g/mol. The third-order valence-corrected chi connectivity index (χ3v) is 5.28. The van der Waals surface area contributed by atoms with Gasteiger partial charge in [0.1, 0.15) is 0 Å². The van der Waals surface area contributed by atoms with Crippen molar-refractivity contribution >= 4 is 11.6 Å². The first-order valence-electron chi connectivity index (χ1n) is 7.59. The number of hydrogen-bond acceptors (Lipinski definition) is 4. The van der Waals surface area contributed by atoms with E-state index in [0.717, 1.165) is 12.8 Å². The highest BCUT2D eigenvalue weighted by molar-refractivity contribution is 6.27. The van der Waals surface area contributed by atoms with Crippen molar-refractivity contribution in [3.8, 4) is 0 Å². The van der Waals surface area contributed by atoms with Crippen LogP contribution in [-0.2, 0) is 9.59 Å². The van der Waals surface area contributed by atoms with E-state index in [1.807, 2.05) is 6.08 Å². The predicted octanol–water partition coefficient (Wildman–Crippen LogP) is 3.44. The molecule has 2 aliphatic rings. The number of rotatable bonds is 4. The second-order valence-electron chi connectivity index (χ2n) is 6.43. The first-order chi connectivity index (χ1) is 9.45. The zero-order valence-corrected chi connectivity index (χ0v) is 12.5. The summed E-state index contributed by atoms with van der Waals surface area (Å²) < 4.78 is 0. The van der Waals surface area contributed by atoms with E-state index in [9.17, 15) is 14.5 Å². The van der Waals surface area contributed by atoms with Crippen LogP contribution in [0.3, 0.4) is 0 Å². The van der Waals surface area contributed by atoms with Crippen LogP contribution >= 0.6 is 0 Å². The van der Waals surface area contributed by atoms with Gasteiger partial charge in [0.2, 0.25) is 0 Å². The maximum atomic E-state index is 12.5. The van der Waals surface area contributed by atoms with Crippen LogP contribution in [-0.4, -0.2) is 17.6 Å². The second-order valence-corrected chi connectivity index (χ2v) is 6.43. The van der Waals surface area contributed by atoms with Crippen molar-refractivity contribution in [2.24, 2.45) is 22.4 Å². The van der Waals surface area contributed by atoms with Gasteiger partial charge in [0, 0.05) is 11.8 Å². The average molecular weight is 277 g/mol. The Morgan fingerprint density at radius 1 is 1.15 bits per heavy atom. The lowest BCUT2D eigenvalue weighted by atomic mass is 9.79. The fourth-order valence-electron chi connectivity index (χ4n) is 3.31. The lowest BCUT2D eigenvalue weighted by Gasteiger charge is -2.24. The van der Waals surface area contributed by atoms with Gasteiger partial charge >= 0.3 is 0 Å². The van der Waals surface area contributed by atoms with E-state index in [-0.39, 0.29) is 34.9 Å². The zero-order valence-electron chi connectivity index (χ0n) is 12.5. The standard InChI is InChI=1S/C16H23NO3/c1-4-16(3,5-2)9-13-14(18)11-7-6-10(17-20)8-12(11)15(13)19/h9-12H,4-8H2,1-3H3/b13-9-. The molecule has 4 heteroatoms. The number of ketones is 2. The van der Waals surface area contributed by atoms with E-state index in [2.05, 4.69) is 25.9 Å². The molecule has 4 nitrogen and oxygen atoms in total. The molecular weight excluding hydrogens is 254 g/mol. The van der Waals surface area contributed by atoms with Gasteiger partial charge in [0.15, 0.2) is 11.6 Å². The molecule has 0 bridgehead atoms. The molecular formula is C16H23NO3. The topological polar surface area (TPSA) is 63.6 Å². The maximum Gasteiger partial charge on any atom is 0.170 e. The summed E-state index contributed by atoms with van der Waals surface area (Å²) in [6, 6.07) is -0.295. The molecule has 0 saturated heterocycles. The highest BCUT2D eigenvalue weighted by Gasteiger charge is 2.49. The van der Waals surface area contributed by atoms with Crippen molar-refractivity contribution in [1.82, 2.24) is 0 Å². The van der Waals surface area contributed by atoms with Gasteiger partial charge in [0.05, 0.1) is 11.6 Å². The number of carbonyl (C=O) groups excluding carboxylic acids is 2. The minimum atomic E-state index is -0.303. The van der Waals surface area contributed by atoms with E-state index >= 15 is 0 Å². The molecule has 20 heavy (non-hydrogen) atoms. The summed E-state index contributed by atoms with van der Waals surface area (Å²) in [6.07, 6.45) is 5.40. The van der Waals surface area contributed by atoms with Crippen LogP contribution in [0.25, 0.3) is 0 Å². The summed E-state index contributed by atoms with van der Waals surface area (Å²) in [5.74, 6) is -0.563. The van der Waals surface area contributed by atoms with Gasteiger partial charge in [-0.3, -0.25) is 9.59 Å². The van der Waals surface area contributed by atoms with Gasteiger partial charge in [0.25, 0.3) is 0 Å². The molecule has 3 atom stereocenters. The van der Waals surface area contributed by atoms with Crippen molar-refractivity contribution in [3.63, 3.8) is 0 Å². The number of hydrogen-bond donors (Lipinski definition) is 0. The van der Waals surface area contributed by atoms with E-state index in [1.54, 1.807) is 0 Å². The van der Waals surface area contributed by atoms with Crippen molar-refractivity contribution in [1.29, 1.82) is 0 Å². The minimum Gasteiger partial charge on any atom is -0.294 e. The van der Waals surface area contributed by atoms with Gasteiger partial charge in [-0.2, -0.15) is 4.91 Å². The lowest BCUT2D eigenvalue weighted by molar-refractivity contribution is -0.120. The van der Waals surface area contributed by atoms with Gasteiger partial charge in [-0.1, -0.05) is 32.0 Å². The molecule has 2 aliphatic carbocycles. The molecule has 0 aromatic heterocycles. The molecule has 0 N–H and O–H groups in total. The summed E-state index contributed by atoms with van der Waals surface area (Å²) in [5, 5.41) is 3.07. The lowest BCUT2D eigenvalue weighted by Crippen LogP contribution is -2.28. The first-order valence-corrected chi connectivity index (χ1v) is 7.59. The quantitative estimate of drug-likeness (QED) is 0.449. The van der Waals surface area contributed by atoms with Gasteiger partial charge in [-0.05, 0) is 37.5 Å². The zero-order chi connectivity index (χ0) is 14.9. The van der Waals surface area contributed by atoms with Crippen LogP contribution in [0, 0.1) is 22.2 Å². The number of Topliss-reactive ketones (excluding diaryl/α,β-unsaturated/α-hetero) is 2. The molecule has 0 aromatic carbocycles. The van der Waals surface area contributed by atoms with Crippen molar-refractivity contribution in [2.45, 2.75) is 58.9 Å². The fraction of sp³-hybridized carbons (Fsp3) is 0.750. The molecule has 110 valence electrons. The van der Waals surface area contributed by atoms with Crippen molar-refractivity contribution < 1.29 is 9.59 Å². The Hall–Kier alpha value is -1.32. The molecule has 2 rings (SSSR count). The van der Waals surface area contributed by atoms with E-state index in [1.165, 1.54) is 0 Å². The summed E-state index contributed by atoms with van der Waals surface area (Å²) >= 11 is 0. The van der Waals surface area contributed by atoms with Crippen LogP contribution in [0.15, 0.2) is 16.8 Å². The van der Waals surface area contributed by atoms with Crippen LogP contribution in [0.2, 0.25) is 0 Å². The smallest absolute Gasteiger partial charge is 0.170 e. The summed E-state index contributed by atoms with van der Waals surface area (Å²) in [4.78, 5) is 35.6. The first kappa shape index (κ1) is 15.1.